The second-order valence-corrected chi connectivity index (χ2v) is 8.91. The maximum absolute atomic E-state index is 13.2. The second-order valence-electron chi connectivity index (χ2n) is 7.74. The van der Waals surface area contributed by atoms with E-state index in [2.05, 4.69) is 44.9 Å². The molecule has 4 rings (SSSR count). The molecule has 2 atom stereocenters. The molecule has 3 aromatic rings. The maximum Gasteiger partial charge on any atom is 0.147 e. The van der Waals surface area contributed by atoms with Gasteiger partial charge in [0.1, 0.15) is 24.3 Å². The molecule has 0 aliphatic heterocycles. The second kappa shape index (κ2) is 11.6. The molecule has 1 fully saturated rings. The number of aromatic nitrogens is 1. The topological polar surface area (TPSA) is 76.0 Å². The van der Waals surface area contributed by atoms with E-state index in [0.29, 0.717) is 17.4 Å². The van der Waals surface area contributed by atoms with Crippen LogP contribution in [0.15, 0.2) is 42.5 Å². The van der Waals surface area contributed by atoms with Gasteiger partial charge in [-0.1, -0.05) is 28.3 Å². The van der Waals surface area contributed by atoms with Gasteiger partial charge in [-0.15, -0.1) is 0 Å². The molecule has 2 unspecified atom stereocenters. The summed E-state index contributed by atoms with van der Waals surface area (Å²) in [5.41, 5.74) is 6.92. The summed E-state index contributed by atoms with van der Waals surface area (Å²) in [4.78, 5) is 0. The smallest absolute Gasteiger partial charge is 0.147 e. The third-order valence-electron chi connectivity index (χ3n) is 5.49. The lowest BCUT2D eigenvalue weighted by atomic mass is 9.92. The van der Waals surface area contributed by atoms with Gasteiger partial charge in [-0.05, 0) is 61.3 Å². The fourth-order valence-electron chi connectivity index (χ4n) is 3.70. The minimum absolute atomic E-state index is 0.0220. The third-order valence-corrected chi connectivity index (χ3v) is 6.12. The van der Waals surface area contributed by atoms with E-state index in [1.807, 2.05) is 36.4 Å². The highest BCUT2D eigenvalue weighted by molar-refractivity contribution is 7.80. The number of nitrogens with two attached hydrogens (primary N) is 1. The number of nitrogens with one attached hydrogen (secondary N) is 1. The van der Waals surface area contributed by atoms with Crippen molar-refractivity contribution < 1.29 is 9.13 Å². The number of nitrogen functional groups attached to an aromatic ring is 1. The normalized spacial score (nSPS) is 14.1. The van der Waals surface area contributed by atoms with Crippen LogP contribution in [0.4, 0.5) is 10.1 Å². The Morgan fingerprint density at radius 1 is 1.31 bits per heavy atom. The third kappa shape index (κ3) is 5.38. The minimum atomic E-state index is -1.12. The lowest BCUT2D eigenvalue weighted by Gasteiger charge is -2.30. The Morgan fingerprint density at radius 2 is 2.00 bits per heavy atom. The predicted octanol–water partition coefficient (Wildman–Crippen LogP) is 6.07. The average Bonchev–Trinajstić information content (AvgIpc) is 3.10. The van der Waals surface area contributed by atoms with Crippen LogP contribution in [0.25, 0.3) is 22.2 Å². The first-order chi connectivity index (χ1) is 15.5. The number of anilines is 1. The van der Waals surface area contributed by atoms with Crippen molar-refractivity contribution in [2.45, 2.75) is 44.6 Å². The van der Waals surface area contributed by atoms with E-state index in [0.717, 1.165) is 46.4 Å². The number of alkyl halides is 1. The molecule has 2 aromatic carbocycles. The Bertz CT molecular complexity index is 1070. The molecule has 0 radical (unpaired) electrons. The number of nitrogens with zero attached hydrogens (tertiary/aromatic N) is 2. The lowest BCUT2D eigenvalue weighted by molar-refractivity contribution is 0.253. The molecule has 1 aromatic heterocycles. The Hall–Kier alpha value is -2.26. The zero-order valence-corrected chi connectivity index (χ0v) is 20.3. The monoisotopic (exact) mass is 472 g/mol. The van der Waals surface area contributed by atoms with Gasteiger partial charge in [0, 0.05) is 23.2 Å². The number of fused-ring (bicyclic) bond motifs is 1. The quantitative estimate of drug-likeness (QED) is 0.169. The summed E-state index contributed by atoms with van der Waals surface area (Å²) in [5.74, 6) is 5.98. The number of nitriles is 1. The highest BCUT2D eigenvalue weighted by Crippen LogP contribution is 2.43. The van der Waals surface area contributed by atoms with Crippen LogP contribution in [-0.2, 0) is 0 Å². The van der Waals surface area contributed by atoms with Crippen LogP contribution in [0, 0.1) is 11.3 Å². The predicted molar refractivity (Wildman–Crippen MR) is 137 cm³/mol. The van der Waals surface area contributed by atoms with Crippen molar-refractivity contribution in [2.24, 2.45) is 5.84 Å². The molecule has 0 saturated heterocycles. The van der Waals surface area contributed by atoms with E-state index < -0.39 is 5.91 Å². The SMILES string of the molecule is CCCS.N#Cc1c(-c2ccc(NN)cc2)n(C2CCC2)c2cc(OCC(F)P)ccc12. The highest BCUT2D eigenvalue weighted by Gasteiger charge is 2.28. The zero-order chi connectivity index (χ0) is 23.1. The van der Waals surface area contributed by atoms with E-state index in [4.69, 9.17) is 10.6 Å². The molecule has 1 aliphatic rings. The molecular weight excluding hydrogens is 442 g/mol. The summed E-state index contributed by atoms with van der Waals surface area (Å²) in [7, 11) is 2.09. The number of thiol groups is 1. The van der Waals surface area contributed by atoms with Gasteiger partial charge < -0.3 is 14.7 Å². The Kier molecular flexibility index (Phi) is 8.81. The first-order valence-corrected chi connectivity index (χ1v) is 12.1. The molecule has 0 amide bonds. The Morgan fingerprint density at radius 3 is 2.50 bits per heavy atom. The Balaban J connectivity index is 0.000000668. The van der Waals surface area contributed by atoms with E-state index >= 15 is 0 Å². The van der Waals surface area contributed by atoms with E-state index in [9.17, 15) is 9.65 Å². The molecule has 5 nitrogen and oxygen atoms in total. The van der Waals surface area contributed by atoms with Gasteiger partial charge in [-0.3, -0.25) is 5.84 Å². The van der Waals surface area contributed by atoms with E-state index in [-0.39, 0.29) is 6.61 Å². The number of benzene rings is 2. The maximum atomic E-state index is 13.2. The molecule has 1 saturated carbocycles. The number of rotatable bonds is 7. The van der Waals surface area contributed by atoms with Crippen LogP contribution in [0.5, 0.6) is 5.75 Å². The van der Waals surface area contributed by atoms with E-state index in [1.165, 1.54) is 12.8 Å². The fraction of sp³-hybridized carbons (Fsp3) is 0.375. The molecule has 0 bridgehead atoms. The van der Waals surface area contributed by atoms with Crippen molar-refractivity contribution >= 4 is 38.5 Å². The van der Waals surface area contributed by atoms with Crippen molar-refractivity contribution in [3.63, 3.8) is 0 Å². The van der Waals surface area contributed by atoms with Crippen LogP contribution < -0.4 is 16.0 Å². The van der Waals surface area contributed by atoms with Crippen LogP contribution in [0.3, 0.4) is 0 Å². The van der Waals surface area contributed by atoms with Crippen LogP contribution in [-0.4, -0.2) is 22.8 Å². The Labute approximate surface area is 196 Å². The lowest BCUT2D eigenvalue weighted by Crippen LogP contribution is -2.18. The van der Waals surface area contributed by atoms with Crippen LogP contribution in [0.2, 0.25) is 0 Å². The average molecular weight is 473 g/mol. The summed E-state index contributed by atoms with van der Waals surface area (Å²) >= 11 is 3.92. The van der Waals surface area contributed by atoms with Crippen molar-refractivity contribution in [3.8, 4) is 23.1 Å². The summed E-state index contributed by atoms with van der Waals surface area (Å²) in [6.45, 7) is 2.08. The van der Waals surface area contributed by atoms with Crippen molar-refractivity contribution in [2.75, 3.05) is 17.8 Å². The summed E-state index contributed by atoms with van der Waals surface area (Å²) in [6, 6.07) is 16.1. The van der Waals surface area contributed by atoms with Gasteiger partial charge >= 0.3 is 0 Å². The standard InChI is InChI=1S/C21H22FN4OP.C3H8S/c22-20(28)12-27-16-8-9-17-18(11-23)21(13-4-6-14(25-24)7-5-13)26(19(17)10-16)15-2-1-3-15;1-2-3-4/h4-10,15,20,25H,1-3,12,24,28H2;4H,2-3H2,1H3. The summed E-state index contributed by atoms with van der Waals surface area (Å²) in [5, 5.41) is 10.8. The first-order valence-electron chi connectivity index (χ1n) is 10.8. The van der Waals surface area contributed by atoms with Crippen molar-refractivity contribution in [3.05, 3.63) is 48.0 Å². The molecule has 3 N–H and O–H groups in total. The van der Waals surface area contributed by atoms with Gasteiger partial charge in [-0.25, -0.2) is 4.39 Å². The van der Waals surface area contributed by atoms with Gasteiger partial charge in [0.2, 0.25) is 0 Å². The van der Waals surface area contributed by atoms with Gasteiger partial charge in [0.15, 0.2) is 0 Å². The minimum Gasteiger partial charge on any atom is -0.490 e. The molecule has 8 heteroatoms. The van der Waals surface area contributed by atoms with Crippen LogP contribution in [0.1, 0.15) is 44.2 Å². The molecule has 1 aliphatic carbocycles. The largest absolute Gasteiger partial charge is 0.490 e. The fourth-order valence-corrected chi connectivity index (χ4v) is 3.80. The molecule has 170 valence electrons. The number of hydrazine groups is 1. The van der Waals surface area contributed by atoms with Gasteiger partial charge in [0.05, 0.1) is 16.8 Å². The van der Waals surface area contributed by atoms with Gasteiger partial charge in [0.25, 0.3) is 0 Å². The summed E-state index contributed by atoms with van der Waals surface area (Å²) in [6.07, 6.45) is 4.51. The number of ether oxygens (including phenoxy) is 1. The van der Waals surface area contributed by atoms with Gasteiger partial charge in [-0.2, -0.15) is 17.9 Å². The first kappa shape index (κ1) is 24.4. The molecular formula is C24H30FN4OPS. The van der Waals surface area contributed by atoms with E-state index in [1.54, 1.807) is 6.07 Å². The van der Waals surface area contributed by atoms with Crippen molar-refractivity contribution in [1.29, 1.82) is 5.26 Å². The van der Waals surface area contributed by atoms with Crippen LogP contribution >= 0.6 is 21.9 Å². The highest BCUT2D eigenvalue weighted by atomic mass is 32.1. The zero-order valence-electron chi connectivity index (χ0n) is 18.2. The number of halogens is 1. The molecule has 0 spiro atoms. The van der Waals surface area contributed by atoms with Crippen molar-refractivity contribution in [1.82, 2.24) is 4.57 Å². The number of hydrogen-bond acceptors (Lipinski definition) is 5. The number of hydrogen-bond donors (Lipinski definition) is 3. The summed E-state index contributed by atoms with van der Waals surface area (Å²) < 4.78 is 21.0. The molecule has 1 heterocycles. The molecule has 32 heavy (non-hydrogen) atoms.